The van der Waals surface area contributed by atoms with Gasteiger partial charge in [0.05, 0.1) is 0 Å². The number of benzene rings is 1. The second kappa shape index (κ2) is 14.1. The van der Waals surface area contributed by atoms with E-state index in [1.54, 1.807) is 5.56 Å². The molecule has 1 aromatic carbocycles. The van der Waals surface area contributed by atoms with Crippen LogP contribution in [0.15, 0.2) is 18.2 Å². The molecular weight excluding hydrogens is 472 g/mol. The van der Waals surface area contributed by atoms with E-state index in [2.05, 4.69) is 69.8 Å². The molecule has 0 bridgehead atoms. The zero-order chi connectivity index (χ0) is 27.9. The van der Waals surface area contributed by atoms with Gasteiger partial charge in [-0.3, -0.25) is 4.90 Å². The number of ether oxygens (including phenoxy) is 1. The first-order valence-corrected chi connectivity index (χ1v) is 15.1. The minimum absolute atomic E-state index is 0. The second-order valence-electron chi connectivity index (χ2n) is 13.4. The maximum absolute atomic E-state index is 11.4. The van der Waals surface area contributed by atoms with Crippen LogP contribution in [0.5, 0.6) is 5.75 Å². The van der Waals surface area contributed by atoms with E-state index in [1.807, 2.05) is 6.79 Å². The third kappa shape index (κ3) is 7.47. The van der Waals surface area contributed by atoms with E-state index in [1.165, 1.54) is 50.5 Å². The highest BCUT2D eigenvalue weighted by Crippen LogP contribution is 2.58. The predicted molar refractivity (Wildman–Crippen MR) is 159 cm³/mol. The zero-order valence-corrected chi connectivity index (χ0v) is 25.1. The molecule has 216 valence electrons. The molecule has 5 nitrogen and oxygen atoms in total. The maximum atomic E-state index is 11.4. The van der Waals surface area contributed by atoms with Crippen LogP contribution in [0.2, 0.25) is 0 Å². The fraction of sp³-hybridized carbons (Fsp3) is 0.758. The number of rotatable bonds is 10. The Balaban J connectivity index is 0.00000174. The lowest BCUT2D eigenvalue weighted by molar-refractivity contribution is -0.108. The Kier molecular flexibility index (Phi) is 11.4. The molecule has 0 amide bonds. The summed E-state index contributed by atoms with van der Waals surface area (Å²) in [5, 5.41) is 0. The van der Waals surface area contributed by atoms with E-state index >= 15 is 0 Å². The van der Waals surface area contributed by atoms with Crippen molar-refractivity contribution in [3.05, 3.63) is 29.3 Å². The van der Waals surface area contributed by atoms with Gasteiger partial charge in [0.1, 0.15) is 25.6 Å². The summed E-state index contributed by atoms with van der Waals surface area (Å²) < 4.78 is 6.36. The van der Waals surface area contributed by atoms with E-state index in [4.69, 9.17) is 9.53 Å². The van der Waals surface area contributed by atoms with Crippen molar-refractivity contribution in [2.24, 2.45) is 29.1 Å². The first-order valence-electron chi connectivity index (χ1n) is 15.1. The summed E-state index contributed by atoms with van der Waals surface area (Å²) >= 11 is 0. The monoisotopic (exact) mass is 528 g/mol. The number of piperidine rings is 1. The lowest BCUT2D eigenvalue weighted by Gasteiger charge is -2.54. The zero-order valence-electron chi connectivity index (χ0n) is 25.1. The molecule has 3 aliphatic rings. The Morgan fingerprint density at radius 1 is 1.16 bits per heavy atom. The molecule has 4 atom stereocenters. The first kappa shape index (κ1) is 30.8. The van der Waals surface area contributed by atoms with Gasteiger partial charge in [0.2, 0.25) is 0 Å². The van der Waals surface area contributed by atoms with E-state index in [9.17, 15) is 4.79 Å². The highest BCUT2D eigenvalue weighted by Gasteiger charge is 2.49. The molecule has 0 radical (unpaired) electrons. The minimum Gasteiger partial charge on any atom is -0.478 e. The van der Waals surface area contributed by atoms with Gasteiger partial charge in [-0.25, -0.2) is 0 Å². The van der Waals surface area contributed by atoms with E-state index in [0.717, 1.165) is 37.5 Å². The average molecular weight is 529 g/mol. The van der Waals surface area contributed by atoms with Crippen LogP contribution in [0.3, 0.4) is 0 Å². The number of likely N-dealkylation sites (tertiary alicyclic amines) is 1. The molecular formula is C33H56N2O3. The van der Waals surface area contributed by atoms with Gasteiger partial charge in [-0.15, -0.1) is 0 Å². The molecule has 1 unspecified atom stereocenters. The minimum atomic E-state index is 0. The van der Waals surface area contributed by atoms with E-state index < -0.39 is 0 Å². The molecule has 38 heavy (non-hydrogen) atoms. The van der Waals surface area contributed by atoms with E-state index in [0.29, 0.717) is 48.3 Å². The van der Waals surface area contributed by atoms with Crippen LogP contribution in [-0.2, 0) is 16.0 Å². The molecule has 0 aromatic heterocycles. The summed E-state index contributed by atoms with van der Waals surface area (Å²) in [7, 11) is 4.39. The molecule has 4 rings (SSSR count). The van der Waals surface area contributed by atoms with Gasteiger partial charge in [0.25, 0.3) is 0 Å². The van der Waals surface area contributed by atoms with Crippen LogP contribution in [0.1, 0.15) is 97.5 Å². The summed E-state index contributed by atoms with van der Waals surface area (Å²) in [5.41, 5.74) is 3.43. The Hall–Kier alpha value is -1.72. The number of aldehydes is 1. The summed E-state index contributed by atoms with van der Waals surface area (Å²) in [6, 6.07) is 7.71. The van der Waals surface area contributed by atoms with E-state index in [-0.39, 0.29) is 1.43 Å². The van der Waals surface area contributed by atoms with Gasteiger partial charge < -0.3 is 19.2 Å². The Labute approximate surface area is 234 Å². The van der Waals surface area contributed by atoms with Crippen LogP contribution in [-0.4, -0.2) is 62.8 Å². The number of hydrogen-bond acceptors (Lipinski definition) is 5. The molecule has 2 aliphatic carbocycles. The third-order valence-corrected chi connectivity index (χ3v) is 9.98. The van der Waals surface area contributed by atoms with Crippen molar-refractivity contribution in [1.29, 1.82) is 0 Å². The van der Waals surface area contributed by atoms with Crippen LogP contribution < -0.4 is 4.74 Å². The van der Waals surface area contributed by atoms with Crippen molar-refractivity contribution in [2.45, 2.75) is 97.4 Å². The fourth-order valence-corrected chi connectivity index (χ4v) is 7.76. The Morgan fingerprint density at radius 2 is 1.87 bits per heavy atom. The second-order valence-corrected chi connectivity index (χ2v) is 13.4. The molecule has 1 heterocycles. The highest BCUT2D eigenvalue weighted by molar-refractivity contribution is 5.49. The molecule has 0 N–H and O–H groups in total. The van der Waals surface area contributed by atoms with Crippen molar-refractivity contribution in [3.63, 3.8) is 0 Å². The molecule has 0 spiro atoms. The molecule has 1 saturated carbocycles. The van der Waals surface area contributed by atoms with Crippen LogP contribution in [0.25, 0.3) is 0 Å². The standard InChI is InChI=1S/C32H52N2O2.CH2O.H2/c1-23(2)9-10-24-20-25-21-27(36-22-34-17-14-26(15-18-34)33(5)6)11-12-28(25)29-13-16-32(3,4)30(31(24)29)8-7-19-35;1-2;/h11-12,19,21,23-24,26,29-31H,7-10,13-18,20,22H2,1-6H3;1H2;1H/t24-,29-,30+,31?;;/m1../s1. The first-order chi connectivity index (χ1) is 18.2. The highest BCUT2D eigenvalue weighted by atomic mass is 16.5. The lowest BCUT2D eigenvalue weighted by Crippen LogP contribution is -2.45. The van der Waals surface area contributed by atoms with Gasteiger partial charge in [0.15, 0.2) is 0 Å². The summed E-state index contributed by atoms with van der Waals surface area (Å²) in [4.78, 5) is 24.2. The fourth-order valence-electron chi connectivity index (χ4n) is 7.76. The van der Waals surface area contributed by atoms with Gasteiger partial charge in [-0.2, -0.15) is 0 Å². The molecule has 1 aromatic rings. The van der Waals surface area contributed by atoms with Gasteiger partial charge >= 0.3 is 0 Å². The third-order valence-electron chi connectivity index (χ3n) is 9.98. The molecule has 1 aliphatic heterocycles. The topological polar surface area (TPSA) is 49.9 Å². The SMILES string of the molecule is C=O.CC(C)CC[C@@H]1Cc2cc(OCN3CCC(N(C)C)CC3)ccc2[C@H]2CCC(C)(C)[C@@H](CCC=O)C12.[HH]. The number of fused-ring (bicyclic) bond motifs is 3. The average Bonchev–Trinajstić information content (AvgIpc) is 2.90. The number of carbonyl (C=O) groups excluding carboxylic acids is 2. The lowest BCUT2D eigenvalue weighted by atomic mass is 9.51. The summed E-state index contributed by atoms with van der Waals surface area (Å²) in [6.45, 7) is 14.6. The smallest absolute Gasteiger partial charge is 0.142 e. The van der Waals surface area contributed by atoms with Crippen molar-refractivity contribution in [3.8, 4) is 5.75 Å². The van der Waals surface area contributed by atoms with Gasteiger partial charge in [-0.1, -0.05) is 40.2 Å². The quantitative estimate of drug-likeness (QED) is 0.311. The van der Waals surface area contributed by atoms with Crippen molar-refractivity contribution >= 4 is 13.1 Å². The summed E-state index contributed by atoms with van der Waals surface area (Å²) in [6.07, 6.45) is 11.7. The Morgan fingerprint density at radius 3 is 2.50 bits per heavy atom. The van der Waals surface area contributed by atoms with Crippen LogP contribution in [0, 0.1) is 29.1 Å². The van der Waals surface area contributed by atoms with Crippen molar-refractivity contribution < 1.29 is 15.8 Å². The predicted octanol–water partition coefficient (Wildman–Crippen LogP) is 6.83. The molecule has 2 fully saturated rings. The van der Waals surface area contributed by atoms with Crippen LogP contribution >= 0.6 is 0 Å². The Bertz CT molecular complexity index is 882. The van der Waals surface area contributed by atoms with Gasteiger partial charge in [0, 0.05) is 27.0 Å². The van der Waals surface area contributed by atoms with Crippen molar-refractivity contribution in [2.75, 3.05) is 33.9 Å². The van der Waals surface area contributed by atoms with Gasteiger partial charge in [-0.05, 0) is 117 Å². The van der Waals surface area contributed by atoms with Crippen LogP contribution in [0.4, 0.5) is 0 Å². The molecule has 1 saturated heterocycles. The number of carbonyl (C=O) groups is 2. The number of nitrogens with zero attached hydrogens (tertiary/aromatic N) is 2. The number of hydrogen-bond donors (Lipinski definition) is 0. The van der Waals surface area contributed by atoms with Crippen molar-refractivity contribution in [1.82, 2.24) is 9.80 Å². The summed E-state index contributed by atoms with van der Waals surface area (Å²) in [5.74, 6) is 4.45. The molecule has 5 heteroatoms. The largest absolute Gasteiger partial charge is 0.478 e. The normalized spacial score (nSPS) is 27.3. The maximum Gasteiger partial charge on any atom is 0.142 e.